The van der Waals surface area contributed by atoms with E-state index in [9.17, 15) is 17.6 Å². The van der Waals surface area contributed by atoms with Gasteiger partial charge in [-0.2, -0.15) is 0 Å². The summed E-state index contributed by atoms with van der Waals surface area (Å²) < 4.78 is 46.0. The number of fused-ring (bicyclic) bond motifs is 1. The third kappa shape index (κ3) is 5.74. The zero-order valence-corrected chi connectivity index (χ0v) is 21.1. The van der Waals surface area contributed by atoms with Crippen LogP contribution in [0.3, 0.4) is 0 Å². The van der Waals surface area contributed by atoms with Crippen LogP contribution in [-0.4, -0.2) is 38.6 Å². The number of hydrogen-bond donors (Lipinski definition) is 2. The van der Waals surface area contributed by atoms with Crippen LogP contribution in [0.4, 0.5) is 10.1 Å². The number of sulfonamides is 1. The molecule has 36 heavy (non-hydrogen) atoms. The van der Waals surface area contributed by atoms with Crippen molar-refractivity contribution in [3.8, 4) is 0 Å². The molecule has 9 heteroatoms. The summed E-state index contributed by atoms with van der Waals surface area (Å²) in [5.74, 6) is -0.716. The minimum atomic E-state index is -3.76. The van der Waals surface area contributed by atoms with Gasteiger partial charge in [-0.25, -0.2) is 17.5 Å². The molecule has 2 aromatic carbocycles. The standard InChI is InChI=1S/C27H30FN3O4S/c1-27(14-12-25(32)35-2)23(17-19-5-4-15-29-18-19)26-20(6-3-7-24(26)31-27)13-16-30-36(33,34)22-10-8-21(28)9-11-22/h3-11,15,18,23,30-31H,12-14,16-17H2,1-2H3. The van der Waals surface area contributed by atoms with E-state index < -0.39 is 21.4 Å². The Labute approximate surface area is 211 Å². The van der Waals surface area contributed by atoms with Crippen LogP contribution in [0.15, 0.2) is 71.9 Å². The van der Waals surface area contributed by atoms with Crippen molar-refractivity contribution in [1.82, 2.24) is 9.71 Å². The number of rotatable bonds is 10. The number of nitrogens with zero attached hydrogens (tertiary/aromatic N) is 1. The lowest BCUT2D eigenvalue weighted by atomic mass is 9.76. The molecule has 0 fully saturated rings. The zero-order chi connectivity index (χ0) is 25.8. The number of pyridine rings is 1. The van der Waals surface area contributed by atoms with Crippen LogP contribution in [0.1, 0.15) is 42.4 Å². The van der Waals surface area contributed by atoms with E-state index in [0.717, 1.165) is 34.5 Å². The molecule has 4 rings (SSSR count). The molecule has 2 unspecified atom stereocenters. The van der Waals surface area contributed by atoms with Gasteiger partial charge in [0.1, 0.15) is 5.82 Å². The Hall–Kier alpha value is -3.30. The van der Waals surface area contributed by atoms with Gasteiger partial charge in [-0.1, -0.05) is 18.2 Å². The Kier molecular flexibility index (Phi) is 7.70. The predicted octanol–water partition coefficient (Wildman–Crippen LogP) is 4.21. The lowest BCUT2D eigenvalue weighted by Crippen LogP contribution is -2.38. The smallest absolute Gasteiger partial charge is 0.305 e. The van der Waals surface area contributed by atoms with Crippen molar-refractivity contribution in [3.63, 3.8) is 0 Å². The van der Waals surface area contributed by atoms with Crippen molar-refractivity contribution in [3.05, 3.63) is 89.5 Å². The lowest BCUT2D eigenvalue weighted by molar-refractivity contribution is -0.141. The molecule has 2 heterocycles. The molecule has 0 saturated heterocycles. The summed E-state index contributed by atoms with van der Waals surface area (Å²) >= 11 is 0. The Bertz CT molecular complexity index is 1320. The van der Waals surface area contributed by atoms with Crippen LogP contribution in [0.5, 0.6) is 0 Å². The molecular formula is C27H30FN3O4S. The molecule has 0 spiro atoms. The quantitative estimate of drug-likeness (QED) is 0.396. The van der Waals surface area contributed by atoms with E-state index in [-0.39, 0.29) is 29.7 Å². The maximum atomic E-state index is 13.2. The van der Waals surface area contributed by atoms with Crippen molar-refractivity contribution < 1.29 is 22.3 Å². The second-order valence-corrected chi connectivity index (χ2v) is 11.0. The molecule has 0 radical (unpaired) electrons. The number of anilines is 1. The van der Waals surface area contributed by atoms with Gasteiger partial charge in [0.15, 0.2) is 0 Å². The number of halogens is 1. The van der Waals surface area contributed by atoms with Crippen molar-refractivity contribution in [2.75, 3.05) is 19.0 Å². The van der Waals surface area contributed by atoms with Gasteiger partial charge < -0.3 is 10.1 Å². The molecular weight excluding hydrogens is 481 g/mol. The minimum Gasteiger partial charge on any atom is -0.469 e. The van der Waals surface area contributed by atoms with Crippen LogP contribution >= 0.6 is 0 Å². The summed E-state index contributed by atoms with van der Waals surface area (Å²) in [7, 11) is -2.37. The number of nitrogens with one attached hydrogen (secondary N) is 2. The van der Waals surface area contributed by atoms with Crippen LogP contribution in [-0.2, 0) is 32.4 Å². The Morgan fingerprint density at radius 1 is 1.17 bits per heavy atom. The first kappa shape index (κ1) is 25.8. The highest BCUT2D eigenvalue weighted by molar-refractivity contribution is 7.89. The van der Waals surface area contributed by atoms with Gasteiger partial charge in [0.2, 0.25) is 10.0 Å². The van der Waals surface area contributed by atoms with E-state index >= 15 is 0 Å². The van der Waals surface area contributed by atoms with E-state index in [4.69, 9.17) is 4.74 Å². The molecule has 1 aliphatic heterocycles. The predicted molar refractivity (Wildman–Crippen MR) is 136 cm³/mol. The summed E-state index contributed by atoms with van der Waals surface area (Å²) in [6, 6.07) is 14.7. The van der Waals surface area contributed by atoms with Crippen molar-refractivity contribution in [1.29, 1.82) is 0 Å². The molecule has 2 N–H and O–H groups in total. The molecule has 190 valence electrons. The topological polar surface area (TPSA) is 97.4 Å². The van der Waals surface area contributed by atoms with Crippen LogP contribution in [0, 0.1) is 5.82 Å². The molecule has 1 aromatic heterocycles. The number of carbonyl (C=O) groups is 1. The average molecular weight is 512 g/mol. The van der Waals surface area contributed by atoms with E-state index in [0.29, 0.717) is 19.3 Å². The second kappa shape index (κ2) is 10.8. The first-order valence-electron chi connectivity index (χ1n) is 11.8. The number of hydrogen-bond acceptors (Lipinski definition) is 6. The fourth-order valence-electron chi connectivity index (χ4n) is 4.86. The summed E-state index contributed by atoms with van der Waals surface area (Å²) in [5.41, 5.74) is 3.80. The van der Waals surface area contributed by atoms with Gasteiger partial charge in [-0.15, -0.1) is 0 Å². The van der Waals surface area contributed by atoms with Crippen LogP contribution in [0.25, 0.3) is 0 Å². The zero-order valence-electron chi connectivity index (χ0n) is 20.3. The lowest BCUT2D eigenvalue weighted by Gasteiger charge is -2.33. The highest BCUT2D eigenvalue weighted by Gasteiger charge is 2.43. The van der Waals surface area contributed by atoms with Gasteiger partial charge >= 0.3 is 5.97 Å². The molecule has 0 saturated carbocycles. The van der Waals surface area contributed by atoms with Gasteiger partial charge in [0.25, 0.3) is 0 Å². The number of ether oxygens (including phenoxy) is 1. The third-order valence-electron chi connectivity index (χ3n) is 6.78. The second-order valence-electron chi connectivity index (χ2n) is 9.22. The first-order chi connectivity index (χ1) is 17.2. The highest BCUT2D eigenvalue weighted by Crippen LogP contribution is 2.48. The molecule has 3 aromatic rings. The molecule has 1 aliphatic rings. The number of carbonyl (C=O) groups excluding carboxylic acids is 1. The van der Waals surface area contributed by atoms with E-state index in [2.05, 4.69) is 21.9 Å². The fraction of sp³-hybridized carbons (Fsp3) is 0.333. The first-order valence-corrected chi connectivity index (χ1v) is 13.3. The Balaban J connectivity index is 1.57. The summed E-state index contributed by atoms with van der Waals surface area (Å²) in [4.78, 5) is 16.2. The monoisotopic (exact) mass is 511 g/mol. The molecule has 0 bridgehead atoms. The number of benzene rings is 2. The number of esters is 1. The average Bonchev–Trinajstić information content (AvgIpc) is 3.15. The van der Waals surface area contributed by atoms with Crippen molar-refractivity contribution in [2.24, 2.45) is 0 Å². The van der Waals surface area contributed by atoms with Gasteiger partial charge in [0.05, 0.1) is 12.0 Å². The van der Waals surface area contributed by atoms with E-state index in [1.807, 2.05) is 36.5 Å². The van der Waals surface area contributed by atoms with Crippen LogP contribution < -0.4 is 10.0 Å². The molecule has 2 atom stereocenters. The minimum absolute atomic E-state index is 0.0219. The summed E-state index contributed by atoms with van der Waals surface area (Å²) in [5, 5.41) is 3.64. The SMILES string of the molecule is COC(=O)CCC1(C)Nc2cccc(CCNS(=O)(=O)c3ccc(F)cc3)c2C1Cc1cccnc1. The van der Waals surface area contributed by atoms with Gasteiger partial charge in [0, 0.05) is 42.5 Å². The highest BCUT2D eigenvalue weighted by atomic mass is 32.2. The third-order valence-corrected chi connectivity index (χ3v) is 8.26. The van der Waals surface area contributed by atoms with Crippen molar-refractivity contribution in [2.45, 2.75) is 49.0 Å². The number of methoxy groups -OCH3 is 1. The van der Waals surface area contributed by atoms with E-state index in [1.54, 1.807) is 6.20 Å². The Morgan fingerprint density at radius 3 is 2.64 bits per heavy atom. The molecule has 7 nitrogen and oxygen atoms in total. The largest absolute Gasteiger partial charge is 0.469 e. The van der Waals surface area contributed by atoms with E-state index in [1.165, 1.54) is 19.2 Å². The molecule has 0 amide bonds. The summed E-state index contributed by atoms with van der Waals surface area (Å²) in [6.45, 7) is 2.30. The van der Waals surface area contributed by atoms with Gasteiger partial charge in [-0.05, 0) is 79.3 Å². The number of aromatic nitrogens is 1. The summed E-state index contributed by atoms with van der Waals surface area (Å²) in [6.07, 6.45) is 5.63. The van der Waals surface area contributed by atoms with Crippen LogP contribution in [0.2, 0.25) is 0 Å². The Morgan fingerprint density at radius 2 is 1.94 bits per heavy atom. The van der Waals surface area contributed by atoms with Crippen molar-refractivity contribution >= 4 is 21.7 Å². The fourth-order valence-corrected chi connectivity index (χ4v) is 5.90. The maximum Gasteiger partial charge on any atom is 0.305 e. The molecule has 0 aliphatic carbocycles. The normalized spacial score (nSPS) is 18.9. The maximum absolute atomic E-state index is 13.2. The van der Waals surface area contributed by atoms with Gasteiger partial charge in [-0.3, -0.25) is 9.78 Å².